The number of nitro benzene ring substituents is 1. The molecule has 1 rings (SSSR count). The van der Waals surface area contributed by atoms with Gasteiger partial charge in [0.05, 0.1) is 4.92 Å². The summed E-state index contributed by atoms with van der Waals surface area (Å²) in [6.07, 6.45) is 0. The first-order valence-corrected chi connectivity index (χ1v) is 3.73. The summed E-state index contributed by atoms with van der Waals surface area (Å²) < 4.78 is 0.405. The maximum Gasteiger partial charge on any atom is 0.286 e. The Balaban J connectivity index is 3.32. The van der Waals surface area contributed by atoms with Gasteiger partial charge < -0.3 is 0 Å². The molecule has 4 heteroatoms. The Bertz CT molecular complexity index is 278. The average Bonchev–Trinajstić information content (AvgIpc) is 1.85. The normalized spacial score (nSPS) is 9.64. The molecule has 57 valence electrons. The van der Waals surface area contributed by atoms with E-state index >= 15 is 0 Å². The fourth-order valence-corrected chi connectivity index (χ4v) is 1.37. The van der Waals surface area contributed by atoms with Crippen LogP contribution in [-0.2, 0) is 0 Å². The zero-order valence-corrected chi connectivity index (χ0v) is 7.38. The third kappa shape index (κ3) is 1.57. The topological polar surface area (TPSA) is 43.1 Å². The van der Waals surface area contributed by atoms with E-state index in [-0.39, 0.29) is 5.69 Å². The molecule has 0 N–H and O–H groups in total. The molecule has 0 aromatic heterocycles. The van der Waals surface area contributed by atoms with Crippen LogP contribution in [0.4, 0.5) is 5.69 Å². The Kier molecular flexibility index (Phi) is 2.24. The van der Waals surface area contributed by atoms with Gasteiger partial charge >= 0.3 is 0 Å². The highest BCUT2D eigenvalue weighted by atomic mass is 79.9. The second kappa shape index (κ2) is 3.00. The highest BCUT2D eigenvalue weighted by Crippen LogP contribution is 2.26. The van der Waals surface area contributed by atoms with Gasteiger partial charge in [0.15, 0.2) is 0 Å². The standard InChI is InChI=1S/C7H5BrNO2/c1-5-3-2-4-6(8)7(5)9(10)11/h2-3H,1H3. The van der Waals surface area contributed by atoms with Crippen molar-refractivity contribution in [1.29, 1.82) is 0 Å². The predicted octanol–water partition coefficient (Wildman–Crippen LogP) is 2.47. The van der Waals surface area contributed by atoms with Gasteiger partial charge in [0, 0.05) is 11.6 Å². The molecule has 0 aliphatic rings. The summed E-state index contributed by atoms with van der Waals surface area (Å²) in [5.74, 6) is 0. The number of rotatable bonds is 1. The van der Waals surface area contributed by atoms with Crippen LogP contribution in [0.2, 0.25) is 0 Å². The highest BCUT2D eigenvalue weighted by molar-refractivity contribution is 9.10. The average molecular weight is 215 g/mol. The highest BCUT2D eigenvalue weighted by Gasteiger charge is 2.13. The van der Waals surface area contributed by atoms with Crippen LogP contribution in [0, 0.1) is 23.1 Å². The van der Waals surface area contributed by atoms with Gasteiger partial charge in [-0.15, -0.1) is 0 Å². The molecule has 0 saturated heterocycles. The first-order chi connectivity index (χ1) is 5.13. The molecule has 0 unspecified atom stereocenters. The first kappa shape index (κ1) is 8.20. The van der Waals surface area contributed by atoms with Crippen molar-refractivity contribution in [3.05, 3.63) is 38.3 Å². The van der Waals surface area contributed by atoms with Gasteiger partial charge in [-0.2, -0.15) is 0 Å². The zero-order valence-electron chi connectivity index (χ0n) is 5.80. The minimum absolute atomic E-state index is 0.0903. The number of hydrogen-bond acceptors (Lipinski definition) is 2. The largest absolute Gasteiger partial charge is 0.286 e. The molecule has 11 heavy (non-hydrogen) atoms. The number of nitro groups is 1. The molecule has 0 amide bonds. The van der Waals surface area contributed by atoms with Crippen LogP contribution in [0.1, 0.15) is 5.56 Å². The third-order valence-electron chi connectivity index (χ3n) is 1.31. The first-order valence-electron chi connectivity index (χ1n) is 2.94. The van der Waals surface area contributed by atoms with Crippen molar-refractivity contribution in [3.8, 4) is 0 Å². The van der Waals surface area contributed by atoms with Crippen molar-refractivity contribution in [2.75, 3.05) is 0 Å². The summed E-state index contributed by atoms with van der Waals surface area (Å²) in [6.45, 7) is 1.69. The zero-order chi connectivity index (χ0) is 8.43. The number of benzene rings is 1. The van der Waals surface area contributed by atoms with Crippen LogP contribution in [0.5, 0.6) is 0 Å². The fourth-order valence-electron chi connectivity index (χ4n) is 0.784. The van der Waals surface area contributed by atoms with E-state index in [1.54, 1.807) is 19.1 Å². The maximum absolute atomic E-state index is 10.4. The van der Waals surface area contributed by atoms with Crippen molar-refractivity contribution >= 4 is 21.6 Å². The molecule has 0 heterocycles. The molecule has 1 radical (unpaired) electrons. The lowest BCUT2D eigenvalue weighted by atomic mass is 10.2. The molecule has 0 spiro atoms. The van der Waals surface area contributed by atoms with Crippen LogP contribution in [0.15, 0.2) is 16.6 Å². The Morgan fingerprint density at radius 2 is 2.36 bits per heavy atom. The van der Waals surface area contributed by atoms with E-state index in [1.807, 2.05) is 0 Å². The van der Waals surface area contributed by atoms with Crippen molar-refractivity contribution in [3.63, 3.8) is 0 Å². The fraction of sp³-hybridized carbons (Fsp3) is 0.143. The smallest absolute Gasteiger partial charge is 0.258 e. The summed E-state index contributed by atoms with van der Waals surface area (Å²) in [7, 11) is 0. The monoisotopic (exact) mass is 214 g/mol. The molecule has 0 saturated carbocycles. The predicted molar refractivity (Wildman–Crippen MR) is 44.4 cm³/mol. The van der Waals surface area contributed by atoms with Gasteiger partial charge in [-0.3, -0.25) is 10.1 Å². The van der Waals surface area contributed by atoms with Gasteiger partial charge in [0.1, 0.15) is 4.47 Å². The molecular formula is C7H5BrNO2. The summed E-state index contributed by atoms with van der Waals surface area (Å²) in [4.78, 5) is 9.98. The molecule has 0 atom stereocenters. The summed E-state index contributed by atoms with van der Waals surface area (Å²) in [5, 5.41) is 10.4. The van der Waals surface area contributed by atoms with Gasteiger partial charge in [0.2, 0.25) is 0 Å². The van der Waals surface area contributed by atoms with Gasteiger partial charge in [-0.1, -0.05) is 12.1 Å². The van der Waals surface area contributed by atoms with Crippen LogP contribution in [-0.4, -0.2) is 4.92 Å². The summed E-state index contributed by atoms with van der Waals surface area (Å²) in [5.41, 5.74) is 0.730. The van der Waals surface area contributed by atoms with Crippen molar-refractivity contribution in [2.24, 2.45) is 0 Å². The number of aryl methyl sites for hydroxylation is 1. The van der Waals surface area contributed by atoms with Gasteiger partial charge in [-0.05, 0) is 22.9 Å². The van der Waals surface area contributed by atoms with Crippen LogP contribution in [0.25, 0.3) is 0 Å². The second-order valence-electron chi connectivity index (χ2n) is 2.08. The van der Waals surface area contributed by atoms with Crippen LogP contribution in [0.3, 0.4) is 0 Å². The van der Waals surface area contributed by atoms with E-state index in [4.69, 9.17) is 0 Å². The van der Waals surface area contributed by atoms with E-state index in [9.17, 15) is 10.1 Å². The van der Waals surface area contributed by atoms with Crippen molar-refractivity contribution < 1.29 is 4.92 Å². The molecular weight excluding hydrogens is 210 g/mol. The Labute approximate surface area is 72.3 Å². The van der Waals surface area contributed by atoms with E-state index in [1.165, 1.54) is 0 Å². The number of nitrogens with zero attached hydrogens (tertiary/aromatic N) is 1. The molecule has 3 nitrogen and oxygen atoms in total. The quantitative estimate of drug-likeness (QED) is 0.533. The van der Waals surface area contributed by atoms with Crippen molar-refractivity contribution in [1.82, 2.24) is 0 Å². The molecule has 0 bridgehead atoms. The third-order valence-corrected chi connectivity index (χ3v) is 1.91. The van der Waals surface area contributed by atoms with Gasteiger partial charge in [0.25, 0.3) is 5.69 Å². The van der Waals surface area contributed by atoms with E-state index < -0.39 is 4.92 Å². The Morgan fingerprint density at radius 3 is 2.73 bits per heavy atom. The maximum atomic E-state index is 10.4. The lowest BCUT2D eigenvalue weighted by Crippen LogP contribution is -1.92. The summed E-state index contributed by atoms with van der Waals surface area (Å²) >= 11 is 3.05. The SMILES string of the molecule is Cc1cc[c]c(Br)c1[N+](=O)[O-]. The number of halogens is 1. The van der Waals surface area contributed by atoms with Crippen LogP contribution >= 0.6 is 15.9 Å². The Hall–Kier alpha value is -0.900. The minimum atomic E-state index is -0.421. The number of hydrogen-bond donors (Lipinski definition) is 0. The Morgan fingerprint density at radius 1 is 1.73 bits per heavy atom. The van der Waals surface area contributed by atoms with Crippen molar-refractivity contribution in [2.45, 2.75) is 6.92 Å². The molecule has 0 aliphatic heterocycles. The molecule has 0 aliphatic carbocycles. The molecule has 1 aromatic rings. The van der Waals surface area contributed by atoms with E-state index in [0.717, 1.165) is 0 Å². The van der Waals surface area contributed by atoms with Crippen LogP contribution < -0.4 is 0 Å². The van der Waals surface area contributed by atoms with E-state index in [0.29, 0.717) is 10.0 Å². The lowest BCUT2D eigenvalue weighted by molar-refractivity contribution is -0.386. The minimum Gasteiger partial charge on any atom is -0.258 e. The summed E-state index contributed by atoms with van der Waals surface area (Å²) in [6, 6.07) is 6.00. The van der Waals surface area contributed by atoms with E-state index in [2.05, 4.69) is 22.0 Å². The molecule has 1 aromatic carbocycles. The second-order valence-corrected chi connectivity index (χ2v) is 2.87. The van der Waals surface area contributed by atoms with Gasteiger partial charge in [-0.25, -0.2) is 0 Å². The lowest BCUT2D eigenvalue weighted by Gasteiger charge is -1.96. The molecule has 0 fully saturated rings.